The van der Waals surface area contributed by atoms with Crippen LogP contribution in [0.15, 0.2) is 84.9 Å². The highest BCUT2D eigenvalue weighted by atomic mass is 19.2. The number of hydrogen-bond acceptors (Lipinski definition) is 2. The van der Waals surface area contributed by atoms with E-state index in [4.69, 9.17) is 4.74 Å². The molecule has 0 aliphatic heterocycles. The molecule has 5 rings (SSSR count). The topological polar surface area (TPSA) is 26.3 Å². The number of benzene rings is 4. The molecule has 2 nitrogen and oxygen atoms in total. The highest BCUT2D eigenvalue weighted by molar-refractivity contribution is 5.74. The van der Waals surface area contributed by atoms with Gasteiger partial charge in [-0.15, -0.1) is 0 Å². The number of rotatable bonds is 18. The third-order valence-corrected chi connectivity index (χ3v) is 10.5. The molecule has 1 aliphatic rings. The lowest BCUT2D eigenvalue weighted by Crippen LogP contribution is -2.13. The molecule has 4 aromatic carbocycles. The summed E-state index contributed by atoms with van der Waals surface area (Å²) in [5.41, 5.74) is 4.83. The van der Waals surface area contributed by atoms with Gasteiger partial charge in [-0.25, -0.2) is 13.2 Å². The van der Waals surface area contributed by atoms with Gasteiger partial charge in [0.2, 0.25) is 0 Å². The maximum atomic E-state index is 14.8. The largest absolute Gasteiger partial charge is 0.427 e. The van der Waals surface area contributed by atoms with E-state index in [0.717, 1.165) is 55.2 Å². The van der Waals surface area contributed by atoms with E-state index in [9.17, 15) is 18.0 Å². The minimum Gasteiger partial charge on any atom is -0.427 e. The molecule has 1 fully saturated rings. The molecule has 0 saturated heterocycles. The Bertz CT molecular complexity index is 1620. The second kappa shape index (κ2) is 19.5. The molecule has 1 saturated carbocycles. The monoisotopic (exact) mass is 682 g/mol. The van der Waals surface area contributed by atoms with Crippen LogP contribution < -0.4 is 4.74 Å². The van der Waals surface area contributed by atoms with E-state index in [1.54, 1.807) is 42.0 Å². The Morgan fingerprint density at radius 3 is 1.94 bits per heavy atom. The average Bonchev–Trinajstić information content (AvgIpc) is 3.13. The summed E-state index contributed by atoms with van der Waals surface area (Å²) in [5, 5.41) is 0. The minimum absolute atomic E-state index is 0.189. The molecular formula is C45H53F3O2. The molecule has 0 spiro atoms. The molecule has 266 valence electrons. The van der Waals surface area contributed by atoms with Crippen molar-refractivity contribution < 1.29 is 22.7 Å². The third-order valence-electron chi connectivity index (χ3n) is 10.5. The summed E-state index contributed by atoms with van der Waals surface area (Å²) in [5.74, 6) is -0.603. The van der Waals surface area contributed by atoms with Crippen molar-refractivity contribution in [3.8, 4) is 28.0 Å². The lowest BCUT2D eigenvalue weighted by molar-refractivity contribution is -0.134. The Morgan fingerprint density at radius 1 is 0.620 bits per heavy atom. The van der Waals surface area contributed by atoms with Gasteiger partial charge in [0.05, 0.1) is 0 Å². The normalized spacial score (nSPS) is 16.0. The van der Waals surface area contributed by atoms with Gasteiger partial charge in [-0.1, -0.05) is 119 Å². The maximum Gasteiger partial charge on any atom is 0.311 e. The zero-order valence-corrected chi connectivity index (χ0v) is 29.7. The van der Waals surface area contributed by atoms with Crippen LogP contribution in [0.1, 0.15) is 127 Å². The van der Waals surface area contributed by atoms with Crippen LogP contribution in [0.4, 0.5) is 13.2 Å². The number of unbranched alkanes of at least 4 members (excludes halogenated alkanes) is 8. The van der Waals surface area contributed by atoms with Crippen molar-refractivity contribution in [1.29, 1.82) is 0 Å². The SMILES string of the molecule is CCCCCC1CCC(c2ccc(CCCCCCCCCC(=O)Oc3ccc(-c4ccc(-c5ccc(F)c(F)c5)c(F)c4)cc3)cc2)CC1. The highest BCUT2D eigenvalue weighted by Gasteiger charge is 2.22. The quantitative estimate of drug-likeness (QED) is 0.0593. The Kier molecular flexibility index (Phi) is 14.6. The van der Waals surface area contributed by atoms with E-state index in [1.165, 1.54) is 94.7 Å². The van der Waals surface area contributed by atoms with Crippen molar-refractivity contribution in [2.45, 2.75) is 122 Å². The van der Waals surface area contributed by atoms with E-state index in [2.05, 4.69) is 31.2 Å². The van der Waals surface area contributed by atoms with Gasteiger partial charge in [-0.05, 0) is 115 Å². The summed E-state index contributed by atoms with van der Waals surface area (Å²) in [6.45, 7) is 2.29. The van der Waals surface area contributed by atoms with E-state index >= 15 is 0 Å². The number of halogens is 3. The van der Waals surface area contributed by atoms with Crippen LogP contribution in [0.5, 0.6) is 5.75 Å². The molecule has 50 heavy (non-hydrogen) atoms. The first-order valence-corrected chi connectivity index (χ1v) is 19.0. The number of carbonyl (C=O) groups is 1. The van der Waals surface area contributed by atoms with Crippen LogP contribution >= 0.6 is 0 Å². The van der Waals surface area contributed by atoms with Crippen molar-refractivity contribution in [3.05, 3.63) is 114 Å². The van der Waals surface area contributed by atoms with Crippen LogP contribution in [0.2, 0.25) is 0 Å². The molecule has 0 bridgehead atoms. The van der Waals surface area contributed by atoms with Gasteiger partial charge in [-0.2, -0.15) is 0 Å². The lowest BCUT2D eigenvalue weighted by Gasteiger charge is -2.29. The smallest absolute Gasteiger partial charge is 0.311 e. The van der Waals surface area contributed by atoms with Crippen LogP contribution in [-0.2, 0) is 11.2 Å². The minimum atomic E-state index is -1.02. The Hall–Kier alpha value is -3.86. The van der Waals surface area contributed by atoms with Gasteiger partial charge >= 0.3 is 5.97 Å². The van der Waals surface area contributed by atoms with Gasteiger partial charge in [0, 0.05) is 12.0 Å². The third kappa shape index (κ3) is 11.3. The molecule has 0 aromatic heterocycles. The molecule has 0 amide bonds. The van der Waals surface area contributed by atoms with Gasteiger partial charge in [-0.3, -0.25) is 4.79 Å². The number of carbonyl (C=O) groups excluding carboxylic acids is 1. The van der Waals surface area contributed by atoms with Gasteiger partial charge in [0.15, 0.2) is 11.6 Å². The van der Waals surface area contributed by atoms with Crippen molar-refractivity contribution in [3.63, 3.8) is 0 Å². The molecule has 0 radical (unpaired) electrons. The summed E-state index contributed by atoms with van der Waals surface area (Å²) >= 11 is 0. The second-order valence-corrected chi connectivity index (χ2v) is 14.3. The number of aryl methyl sites for hydroxylation is 1. The van der Waals surface area contributed by atoms with Crippen LogP contribution in [0.3, 0.4) is 0 Å². The first-order chi connectivity index (χ1) is 24.4. The van der Waals surface area contributed by atoms with Gasteiger partial charge < -0.3 is 4.74 Å². The van der Waals surface area contributed by atoms with E-state index in [-0.39, 0.29) is 17.1 Å². The summed E-state index contributed by atoms with van der Waals surface area (Å²) in [4.78, 5) is 12.4. The Morgan fingerprint density at radius 2 is 1.26 bits per heavy atom. The van der Waals surface area contributed by atoms with Crippen molar-refractivity contribution >= 4 is 5.97 Å². The summed E-state index contributed by atoms with van der Waals surface area (Å²) in [6, 6.07) is 24.4. The fraction of sp³-hybridized carbons (Fsp3) is 0.444. The fourth-order valence-electron chi connectivity index (χ4n) is 7.40. The van der Waals surface area contributed by atoms with Crippen LogP contribution in [0.25, 0.3) is 22.3 Å². The lowest BCUT2D eigenvalue weighted by atomic mass is 9.77. The fourth-order valence-corrected chi connectivity index (χ4v) is 7.40. The molecule has 5 heteroatoms. The van der Waals surface area contributed by atoms with E-state index in [0.29, 0.717) is 17.7 Å². The van der Waals surface area contributed by atoms with E-state index < -0.39 is 17.5 Å². The average molecular weight is 683 g/mol. The first-order valence-electron chi connectivity index (χ1n) is 19.0. The zero-order valence-electron chi connectivity index (χ0n) is 29.7. The van der Waals surface area contributed by atoms with Gasteiger partial charge in [0.25, 0.3) is 0 Å². The second-order valence-electron chi connectivity index (χ2n) is 14.3. The Labute approximate surface area is 297 Å². The van der Waals surface area contributed by atoms with Crippen molar-refractivity contribution in [2.75, 3.05) is 0 Å². The maximum absolute atomic E-state index is 14.8. The zero-order chi connectivity index (χ0) is 35.1. The number of hydrogen-bond donors (Lipinski definition) is 0. The van der Waals surface area contributed by atoms with Crippen molar-refractivity contribution in [1.82, 2.24) is 0 Å². The number of esters is 1. The molecule has 0 N–H and O–H groups in total. The highest BCUT2D eigenvalue weighted by Crippen LogP contribution is 2.38. The predicted octanol–water partition coefficient (Wildman–Crippen LogP) is 13.6. The molecule has 4 aromatic rings. The molecular weight excluding hydrogens is 629 g/mol. The van der Waals surface area contributed by atoms with Gasteiger partial charge in [0.1, 0.15) is 11.6 Å². The molecule has 0 atom stereocenters. The molecule has 1 aliphatic carbocycles. The van der Waals surface area contributed by atoms with Crippen LogP contribution in [0, 0.1) is 23.4 Å². The van der Waals surface area contributed by atoms with E-state index in [1.807, 2.05) is 0 Å². The first kappa shape index (κ1) is 37.4. The number of ether oxygens (including phenoxy) is 1. The summed E-state index contributed by atoms with van der Waals surface area (Å²) in [6.07, 6.45) is 20.5. The van der Waals surface area contributed by atoms with Crippen molar-refractivity contribution in [2.24, 2.45) is 5.92 Å². The summed E-state index contributed by atoms with van der Waals surface area (Å²) < 4.78 is 47.2. The van der Waals surface area contributed by atoms with Crippen LogP contribution in [-0.4, -0.2) is 5.97 Å². The molecule has 0 heterocycles. The summed E-state index contributed by atoms with van der Waals surface area (Å²) in [7, 11) is 0. The Balaban J connectivity index is 0.913. The predicted molar refractivity (Wildman–Crippen MR) is 199 cm³/mol. The standard InChI is InChI=1S/C45H53F3O2/c1-2-3-9-12-33-15-19-35(20-16-33)36-21-17-34(18-22-36)13-10-7-5-4-6-8-11-14-45(49)50-40-27-23-37(24-28-40)38-25-29-41(43(47)31-38)39-26-30-42(46)44(48)32-39/h17-18,21-33,35H,2-16,19-20H2,1H3. The molecule has 0 unspecified atom stereocenters.